The fraction of sp³-hybridized carbons (Fsp3) is 0.840. The molecule has 1 aliphatic heterocycles. The summed E-state index contributed by atoms with van der Waals surface area (Å²) >= 11 is 9.32. The van der Waals surface area contributed by atoms with Gasteiger partial charge in [0.15, 0.2) is 5.25 Å². The fourth-order valence-corrected chi connectivity index (χ4v) is 10.5. The van der Waals surface area contributed by atoms with Crippen molar-refractivity contribution < 1.29 is 17.8 Å². The molecule has 0 radical (unpaired) electrons. The first-order chi connectivity index (χ1) is 15.6. The Bertz CT molecular complexity index is 690. The van der Waals surface area contributed by atoms with Gasteiger partial charge in [-0.1, -0.05) is 24.3 Å². The van der Waals surface area contributed by atoms with Crippen LogP contribution in [-0.2, 0) is 11.2 Å². The Hall–Kier alpha value is 4.17. The summed E-state index contributed by atoms with van der Waals surface area (Å²) in [4.78, 5) is 0. The van der Waals surface area contributed by atoms with E-state index in [1.807, 2.05) is 0 Å². The summed E-state index contributed by atoms with van der Waals surface area (Å²) in [5, 5.41) is 0.628. The number of fused-ring (bicyclic) bond motifs is 12. The third kappa shape index (κ3) is 5.31. The zero-order chi connectivity index (χ0) is 22.6. The summed E-state index contributed by atoms with van der Waals surface area (Å²) in [6.07, 6.45) is 18.5. The van der Waals surface area contributed by atoms with E-state index in [1.54, 1.807) is 12.8 Å². The van der Waals surface area contributed by atoms with Gasteiger partial charge >= 0.3 is 50.5 Å². The van der Waals surface area contributed by atoms with Gasteiger partial charge in [0, 0.05) is 49.1 Å². The summed E-state index contributed by atoms with van der Waals surface area (Å²) in [7, 11) is 0. The molecule has 2 unspecified atom stereocenters. The number of rotatable bonds is 0. The summed E-state index contributed by atoms with van der Waals surface area (Å²) < 4.78 is 9.41. The van der Waals surface area contributed by atoms with Crippen LogP contribution in [-0.4, -0.2) is 15.6 Å². The van der Waals surface area contributed by atoms with Crippen molar-refractivity contribution in [2.24, 2.45) is 71.0 Å². The van der Waals surface area contributed by atoms with Gasteiger partial charge < -0.3 is 0 Å². The van der Waals surface area contributed by atoms with Crippen molar-refractivity contribution in [3.05, 3.63) is 24.3 Å². The quantitative estimate of drug-likeness (QED) is 0.126. The molecule has 0 aromatic heterocycles. The van der Waals surface area contributed by atoms with Gasteiger partial charge in [-0.2, -0.15) is 4.55 Å². The average molecular weight is 1150 g/mol. The number of allylic oxidation sites excluding steroid dienone is 4. The summed E-state index contributed by atoms with van der Waals surface area (Å²) in [6, 6.07) is 0. The summed E-state index contributed by atoms with van der Waals surface area (Å²) in [5.74, 6) is 14.5. The van der Waals surface area contributed by atoms with E-state index >= 15 is 0 Å². The van der Waals surface area contributed by atoms with Crippen LogP contribution in [0, 0.1) is 71.0 Å². The minimum absolute atomic E-state index is 0. The molecule has 6 saturated carbocycles. The van der Waals surface area contributed by atoms with E-state index in [0.29, 0.717) is 18.5 Å². The molecule has 0 spiro atoms. The van der Waals surface area contributed by atoms with Crippen molar-refractivity contribution in [3.63, 3.8) is 0 Å². The standard InChI is InChI=1S/C12H14.C7H13OS.C6H8.I3.I2.HI/c1-2-6-5(1)9-10(6)12-8-4-3-7(8)11(9)12;1-5-7-3-2-6(7)4-9(5)8;1-2-6-4-3-5(1)6;1-3-2;1-2;/h1-2,5-12H,3-4H2;5-8H,2-4H2,1H3;1-2,5-6H,3-4H2;;;1H/q;+1;;-1;;/t5-,6+,7-,8+,9+,10-,11-,12+;5?,6-,7+,9?;5-,6+;;;/m.1..../s1. The van der Waals surface area contributed by atoms with Crippen LogP contribution in [0.15, 0.2) is 24.3 Å². The minimum atomic E-state index is -0.215. The van der Waals surface area contributed by atoms with Crippen LogP contribution >= 0.6 is 98.4 Å². The van der Waals surface area contributed by atoms with E-state index in [4.69, 9.17) is 0 Å². The number of hydrogen-bond donors (Lipinski definition) is 1. The molecule has 190 valence electrons. The molecule has 1 nitrogen and oxygen atoms in total. The Morgan fingerprint density at radius 1 is 0.727 bits per heavy atom. The Labute approximate surface area is 274 Å². The third-order valence-corrected chi connectivity index (χ3v) is 12.9. The van der Waals surface area contributed by atoms with Gasteiger partial charge in [-0.25, -0.2) is 0 Å². The second kappa shape index (κ2) is 13.2. The number of hydrogen-bond acceptors (Lipinski definition) is 1. The topological polar surface area (TPSA) is 20.2 Å². The van der Waals surface area contributed by atoms with Crippen LogP contribution in [0.1, 0.15) is 45.4 Å². The molecule has 1 N–H and O–H groups in total. The molecule has 9 aliphatic rings. The van der Waals surface area contributed by atoms with Crippen LogP contribution in [0.4, 0.5) is 0 Å². The molecule has 1 saturated heterocycles. The fourth-order valence-electron chi connectivity index (χ4n) is 8.56. The predicted octanol–water partition coefficient (Wildman–Crippen LogP) is 6.57. The van der Waals surface area contributed by atoms with E-state index in [-0.39, 0.29) is 35.2 Å². The molecule has 1 heterocycles. The van der Waals surface area contributed by atoms with Crippen LogP contribution in [0.25, 0.3) is 0 Å². The van der Waals surface area contributed by atoms with Crippen molar-refractivity contribution in [1.29, 1.82) is 0 Å². The molecule has 9 rings (SSSR count). The van der Waals surface area contributed by atoms with Gasteiger partial charge in [0.05, 0.1) is 0 Å². The summed E-state index contributed by atoms with van der Waals surface area (Å²) in [6.45, 7) is 2.20. The normalized spacial score (nSPS) is 53.9. The van der Waals surface area contributed by atoms with Gasteiger partial charge in [-0.15, -0.1) is 24.0 Å². The van der Waals surface area contributed by atoms with Crippen molar-refractivity contribution in [1.82, 2.24) is 0 Å². The van der Waals surface area contributed by atoms with E-state index in [1.165, 1.54) is 61.2 Å². The maximum atomic E-state index is 9.41. The molecule has 7 fully saturated rings. The van der Waals surface area contributed by atoms with E-state index < -0.39 is 0 Å². The molecule has 0 aromatic rings. The van der Waals surface area contributed by atoms with Gasteiger partial charge in [0.2, 0.25) is 0 Å². The SMILES string of the molecule is C1=C[C@H]2CC[C@@H]12.C1=C[C@H]2[C@@H]1[C@H]1[C@@H]2[C@@H]2[C@H]3CC[C@H]3[C@H]12.CC1[C@@H]2CC[C@@H]2C[S+]1O.I.II.I[I-]I. The van der Waals surface area contributed by atoms with Crippen LogP contribution in [0.5, 0.6) is 0 Å². The molecular weight excluding hydrogens is 1110 g/mol. The van der Waals surface area contributed by atoms with Crippen molar-refractivity contribution in [2.75, 3.05) is 5.75 Å². The molecule has 8 aliphatic carbocycles. The monoisotopic (exact) mass is 1150 g/mol. The Kier molecular flexibility index (Phi) is 12.1. The van der Waals surface area contributed by atoms with Crippen molar-refractivity contribution in [2.45, 2.75) is 50.7 Å². The van der Waals surface area contributed by atoms with Gasteiger partial charge in [-0.05, 0) is 105 Å². The Balaban J connectivity index is 0.000000111. The van der Waals surface area contributed by atoms with Crippen molar-refractivity contribution >= 4 is 110 Å². The van der Waals surface area contributed by atoms with Crippen LogP contribution < -0.4 is 13.3 Å². The molecular formula is C25H36I6OS. The van der Waals surface area contributed by atoms with Gasteiger partial charge in [0.1, 0.15) is 16.9 Å². The van der Waals surface area contributed by atoms with E-state index in [0.717, 1.165) is 41.3 Å². The predicted molar refractivity (Wildman–Crippen MR) is 184 cm³/mol. The third-order valence-electron chi connectivity index (χ3n) is 10.9. The first kappa shape index (κ1) is 30.1. The summed E-state index contributed by atoms with van der Waals surface area (Å²) in [5.41, 5.74) is 0. The molecule has 0 amide bonds. The molecule has 33 heavy (non-hydrogen) atoms. The first-order valence-corrected chi connectivity index (χ1v) is 32.7. The Morgan fingerprint density at radius 2 is 1.18 bits per heavy atom. The molecule has 14 atom stereocenters. The maximum absolute atomic E-state index is 9.41. The van der Waals surface area contributed by atoms with E-state index in [2.05, 4.69) is 106 Å². The van der Waals surface area contributed by atoms with Gasteiger partial charge in [0.25, 0.3) is 0 Å². The van der Waals surface area contributed by atoms with E-state index in [9.17, 15) is 4.55 Å². The zero-order valence-electron chi connectivity index (χ0n) is 18.9. The Morgan fingerprint density at radius 3 is 1.36 bits per heavy atom. The number of halogens is 6. The zero-order valence-corrected chi connectivity index (χ0v) is 32.9. The van der Waals surface area contributed by atoms with Crippen LogP contribution in [0.2, 0.25) is 0 Å². The first-order valence-electron chi connectivity index (χ1n) is 12.4. The molecule has 0 bridgehead atoms. The average Bonchev–Trinajstić information content (AvgIpc) is 2.92. The van der Waals surface area contributed by atoms with Crippen LogP contribution in [0.3, 0.4) is 0 Å². The molecule has 8 heteroatoms. The second-order valence-corrected chi connectivity index (χ2v) is 29.5. The van der Waals surface area contributed by atoms with Gasteiger partial charge in [-0.3, -0.25) is 0 Å². The molecule has 0 aromatic carbocycles. The van der Waals surface area contributed by atoms with Crippen molar-refractivity contribution in [3.8, 4) is 0 Å². The second-order valence-electron chi connectivity index (χ2n) is 11.4.